The molecule has 1 radical (unpaired) electrons. The molecule has 2 aromatic carbocycles. The first kappa shape index (κ1) is 16.0. The Morgan fingerprint density at radius 1 is 1.08 bits per heavy atom. The predicted octanol–water partition coefficient (Wildman–Crippen LogP) is 3.21. The van der Waals surface area contributed by atoms with E-state index in [1.807, 2.05) is 18.2 Å². The van der Waals surface area contributed by atoms with E-state index in [0.29, 0.717) is 12.5 Å². The summed E-state index contributed by atoms with van der Waals surface area (Å²) in [5.74, 6) is 0.537. The van der Waals surface area contributed by atoms with Crippen LogP contribution in [0.5, 0.6) is 0 Å². The average Bonchev–Trinajstić information content (AvgIpc) is 3.23. The third-order valence-corrected chi connectivity index (χ3v) is 4.42. The zero-order valence-electron chi connectivity index (χ0n) is 13.8. The first-order valence-corrected chi connectivity index (χ1v) is 8.47. The van der Waals surface area contributed by atoms with Gasteiger partial charge >= 0.3 is 0 Å². The summed E-state index contributed by atoms with van der Waals surface area (Å²) >= 11 is 0. The fourth-order valence-corrected chi connectivity index (χ4v) is 3.00. The van der Waals surface area contributed by atoms with E-state index < -0.39 is 0 Å². The van der Waals surface area contributed by atoms with Crippen molar-refractivity contribution in [3.05, 3.63) is 78.5 Å². The molecule has 0 spiro atoms. The smallest absolute Gasteiger partial charge is 0.247 e. The van der Waals surface area contributed by atoms with Gasteiger partial charge in [0.15, 0.2) is 0 Å². The SMILES string of the molecule is [CH](Cc1ccccc1)[C@@H]1CN[C@@H](c2ccc(-c3nnco3)cc2)CO1. The fraction of sp³-hybridized carbons (Fsp3) is 0.250. The molecule has 25 heavy (non-hydrogen) atoms. The van der Waals surface area contributed by atoms with Crippen LogP contribution in [0, 0.1) is 6.42 Å². The van der Waals surface area contributed by atoms with Gasteiger partial charge in [0.25, 0.3) is 0 Å². The Morgan fingerprint density at radius 2 is 1.92 bits per heavy atom. The Kier molecular flexibility index (Phi) is 4.86. The van der Waals surface area contributed by atoms with Crippen molar-refractivity contribution in [3.63, 3.8) is 0 Å². The second-order valence-electron chi connectivity index (χ2n) is 6.12. The minimum absolute atomic E-state index is 0.147. The molecule has 1 saturated heterocycles. The summed E-state index contributed by atoms with van der Waals surface area (Å²) in [6, 6.07) is 18.8. The van der Waals surface area contributed by atoms with E-state index in [4.69, 9.17) is 9.15 Å². The summed E-state index contributed by atoms with van der Waals surface area (Å²) in [5, 5.41) is 11.2. The molecule has 2 heterocycles. The molecule has 0 aliphatic carbocycles. The van der Waals surface area contributed by atoms with Gasteiger partial charge in [0.1, 0.15) is 0 Å². The second-order valence-corrected chi connectivity index (χ2v) is 6.12. The highest BCUT2D eigenvalue weighted by Crippen LogP contribution is 2.23. The summed E-state index contributed by atoms with van der Waals surface area (Å²) in [6.45, 7) is 1.48. The number of morpholine rings is 1. The van der Waals surface area contributed by atoms with Crippen molar-refractivity contribution < 1.29 is 9.15 Å². The number of aromatic nitrogens is 2. The van der Waals surface area contributed by atoms with Gasteiger partial charge < -0.3 is 14.5 Å². The maximum atomic E-state index is 6.01. The van der Waals surface area contributed by atoms with Crippen LogP contribution in [0.2, 0.25) is 0 Å². The van der Waals surface area contributed by atoms with E-state index >= 15 is 0 Å². The van der Waals surface area contributed by atoms with Crippen molar-refractivity contribution in [2.45, 2.75) is 18.6 Å². The fourth-order valence-electron chi connectivity index (χ4n) is 3.00. The zero-order valence-corrected chi connectivity index (χ0v) is 13.8. The van der Waals surface area contributed by atoms with Crippen LogP contribution in [-0.4, -0.2) is 29.5 Å². The van der Waals surface area contributed by atoms with Crippen LogP contribution >= 0.6 is 0 Å². The molecule has 3 aromatic rings. The van der Waals surface area contributed by atoms with Crippen molar-refractivity contribution >= 4 is 0 Å². The number of hydrogen-bond donors (Lipinski definition) is 1. The van der Waals surface area contributed by atoms with Crippen LogP contribution in [-0.2, 0) is 11.2 Å². The van der Waals surface area contributed by atoms with Crippen LogP contribution in [0.1, 0.15) is 17.2 Å². The van der Waals surface area contributed by atoms with E-state index in [-0.39, 0.29) is 12.1 Å². The lowest BCUT2D eigenvalue weighted by Crippen LogP contribution is -2.41. The van der Waals surface area contributed by atoms with E-state index in [9.17, 15) is 0 Å². The molecule has 1 aliphatic rings. The molecule has 5 heteroatoms. The highest BCUT2D eigenvalue weighted by Gasteiger charge is 2.22. The largest absolute Gasteiger partial charge is 0.423 e. The zero-order chi connectivity index (χ0) is 16.9. The van der Waals surface area contributed by atoms with Crippen molar-refractivity contribution in [3.8, 4) is 11.5 Å². The van der Waals surface area contributed by atoms with Crippen LogP contribution in [0.3, 0.4) is 0 Å². The van der Waals surface area contributed by atoms with Gasteiger partial charge in [0.05, 0.1) is 18.8 Å². The summed E-state index contributed by atoms with van der Waals surface area (Å²) in [4.78, 5) is 0. The number of nitrogens with one attached hydrogen (secondary N) is 1. The van der Waals surface area contributed by atoms with Crippen LogP contribution in [0.25, 0.3) is 11.5 Å². The predicted molar refractivity (Wildman–Crippen MR) is 94.7 cm³/mol. The standard InChI is InChI=1S/C20H20N3O2/c1-2-4-15(5-3-1)6-11-18-12-21-19(13-24-18)16-7-9-17(10-8-16)20-23-22-14-25-20/h1-5,7-11,14,18-19,21H,6,12-13H2/t18-,19-/m1/s1. The van der Waals surface area contributed by atoms with Crippen LogP contribution < -0.4 is 5.32 Å². The molecule has 127 valence electrons. The lowest BCUT2D eigenvalue weighted by atomic mass is 10.0. The number of ether oxygens (including phenoxy) is 1. The van der Waals surface area contributed by atoms with Gasteiger partial charge in [-0.05, 0) is 36.1 Å². The van der Waals surface area contributed by atoms with Crippen LogP contribution in [0.15, 0.2) is 65.4 Å². The third kappa shape index (κ3) is 3.95. The van der Waals surface area contributed by atoms with Gasteiger partial charge in [-0.1, -0.05) is 42.5 Å². The molecule has 0 unspecified atom stereocenters. The number of hydrogen-bond acceptors (Lipinski definition) is 5. The van der Waals surface area contributed by atoms with E-state index in [2.05, 4.69) is 58.3 Å². The molecule has 1 aliphatic heterocycles. The molecular weight excluding hydrogens is 314 g/mol. The van der Waals surface area contributed by atoms with E-state index in [1.54, 1.807) is 0 Å². The summed E-state index contributed by atoms with van der Waals surface area (Å²) < 4.78 is 11.2. The molecule has 1 fully saturated rings. The van der Waals surface area contributed by atoms with Crippen LogP contribution in [0.4, 0.5) is 0 Å². The maximum Gasteiger partial charge on any atom is 0.247 e. The van der Waals surface area contributed by atoms with Crippen molar-refractivity contribution in [1.82, 2.24) is 15.5 Å². The highest BCUT2D eigenvalue weighted by molar-refractivity contribution is 5.53. The lowest BCUT2D eigenvalue weighted by Gasteiger charge is -2.30. The topological polar surface area (TPSA) is 60.2 Å². The Bertz CT molecular complexity index is 764. The summed E-state index contributed by atoms with van der Waals surface area (Å²) in [7, 11) is 0. The van der Waals surface area contributed by atoms with Crippen molar-refractivity contribution in [2.24, 2.45) is 0 Å². The van der Waals surface area contributed by atoms with E-state index in [0.717, 1.165) is 18.5 Å². The molecule has 5 nitrogen and oxygen atoms in total. The van der Waals surface area contributed by atoms with Gasteiger partial charge in [-0.3, -0.25) is 0 Å². The average molecular weight is 334 g/mol. The second kappa shape index (κ2) is 7.59. The highest BCUT2D eigenvalue weighted by atomic mass is 16.5. The van der Waals surface area contributed by atoms with E-state index in [1.165, 1.54) is 17.5 Å². The van der Waals surface area contributed by atoms with Gasteiger partial charge in [0, 0.05) is 12.1 Å². The number of benzene rings is 2. The minimum atomic E-state index is 0.147. The van der Waals surface area contributed by atoms with Crippen molar-refractivity contribution in [2.75, 3.05) is 13.2 Å². The molecular formula is C20H20N3O2. The number of rotatable bonds is 5. The van der Waals surface area contributed by atoms with Gasteiger partial charge in [-0.15, -0.1) is 10.2 Å². The Labute approximate surface area is 147 Å². The Balaban J connectivity index is 1.29. The quantitative estimate of drug-likeness (QED) is 0.776. The van der Waals surface area contributed by atoms with Gasteiger partial charge in [0.2, 0.25) is 12.3 Å². The third-order valence-electron chi connectivity index (χ3n) is 4.42. The molecule has 1 N–H and O–H groups in total. The van der Waals surface area contributed by atoms with Gasteiger partial charge in [-0.25, -0.2) is 0 Å². The summed E-state index contributed by atoms with van der Waals surface area (Å²) in [6.07, 6.45) is 4.65. The molecule has 2 atom stereocenters. The number of nitrogens with zero attached hydrogens (tertiary/aromatic N) is 2. The molecule has 4 rings (SSSR count). The first-order chi connectivity index (χ1) is 12.4. The Morgan fingerprint density at radius 3 is 2.60 bits per heavy atom. The molecule has 0 amide bonds. The molecule has 1 aromatic heterocycles. The normalized spacial score (nSPS) is 20.5. The Hall–Kier alpha value is -2.50. The lowest BCUT2D eigenvalue weighted by molar-refractivity contribution is 0.0214. The van der Waals surface area contributed by atoms with Crippen molar-refractivity contribution in [1.29, 1.82) is 0 Å². The first-order valence-electron chi connectivity index (χ1n) is 8.47. The monoisotopic (exact) mass is 334 g/mol. The summed E-state index contributed by atoms with van der Waals surface area (Å²) in [5.41, 5.74) is 3.43. The molecule has 0 saturated carbocycles. The minimum Gasteiger partial charge on any atom is -0.423 e. The van der Waals surface area contributed by atoms with Gasteiger partial charge in [-0.2, -0.15) is 0 Å². The maximum absolute atomic E-state index is 6.01. The molecule has 0 bridgehead atoms.